The summed E-state index contributed by atoms with van der Waals surface area (Å²) >= 11 is 0. The van der Waals surface area contributed by atoms with Gasteiger partial charge < -0.3 is 14.2 Å². The molecule has 0 aliphatic rings. The molecule has 2 rings (SSSR count). The minimum Gasteiger partial charge on any atom is -0.479 e. The number of nitrogens with zero attached hydrogens (tertiary/aromatic N) is 4. The Morgan fingerprint density at radius 1 is 1.24 bits per heavy atom. The van der Waals surface area contributed by atoms with Crippen LogP contribution in [0, 0.1) is 0 Å². The average Bonchev–Trinajstić information content (AvgIpc) is 3.00. The number of rotatable bonds is 7. The van der Waals surface area contributed by atoms with Gasteiger partial charge in [-0.05, 0) is 19.3 Å². The molecular weight excluding hydrogens is 324 g/mol. The Labute approximate surface area is 147 Å². The van der Waals surface area contributed by atoms with Crippen LogP contribution in [0.1, 0.15) is 55.4 Å². The Bertz CT molecular complexity index is 755. The number of hydrogen-bond acceptors (Lipinski definition) is 7. The molecule has 25 heavy (non-hydrogen) atoms. The highest BCUT2D eigenvalue weighted by molar-refractivity contribution is 5.89. The molecule has 0 radical (unpaired) electrons. The first kappa shape index (κ1) is 18.7. The molecule has 0 fully saturated rings. The molecule has 0 saturated heterocycles. The zero-order valence-corrected chi connectivity index (χ0v) is 15.5. The van der Waals surface area contributed by atoms with E-state index in [0.717, 1.165) is 11.3 Å². The lowest BCUT2D eigenvalue weighted by Crippen LogP contribution is -2.10. The Morgan fingerprint density at radius 2 is 1.96 bits per heavy atom. The van der Waals surface area contributed by atoms with Gasteiger partial charge in [-0.25, -0.2) is 14.5 Å². The summed E-state index contributed by atoms with van der Waals surface area (Å²) in [6, 6.07) is 0.195. The van der Waals surface area contributed by atoms with Crippen LogP contribution in [0.25, 0.3) is 5.69 Å². The first-order valence-electron chi connectivity index (χ1n) is 8.22. The molecule has 0 bridgehead atoms. The topological polar surface area (TPSA) is 88.4 Å². The fraction of sp³-hybridized carbons (Fsp3) is 0.529. The molecule has 0 aromatic carbocycles. The zero-order chi connectivity index (χ0) is 18.6. The van der Waals surface area contributed by atoms with Crippen molar-refractivity contribution in [3.8, 4) is 17.6 Å². The largest absolute Gasteiger partial charge is 0.479 e. The standard InChI is InChI=1S/C17H24N4O4/c1-7-11-13(16(22)25-8-2)20-21(14(11)10(3)4)12-9-18-17(24-6)19-15(12)23-5/h9-10H,7-8H2,1-6H3. The average molecular weight is 348 g/mol. The van der Waals surface area contributed by atoms with Crippen LogP contribution in [0.3, 0.4) is 0 Å². The quantitative estimate of drug-likeness (QED) is 0.710. The maximum Gasteiger partial charge on any atom is 0.359 e. The Balaban J connectivity index is 2.70. The van der Waals surface area contributed by atoms with Crippen molar-refractivity contribution in [1.29, 1.82) is 0 Å². The van der Waals surface area contributed by atoms with Crippen LogP contribution in [0.5, 0.6) is 11.9 Å². The summed E-state index contributed by atoms with van der Waals surface area (Å²) < 4.78 is 17.2. The summed E-state index contributed by atoms with van der Waals surface area (Å²) in [6.45, 7) is 8.12. The number of carbonyl (C=O) groups is 1. The molecule has 8 nitrogen and oxygen atoms in total. The third-order valence-corrected chi connectivity index (χ3v) is 3.71. The second kappa shape index (κ2) is 7.96. The van der Waals surface area contributed by atoms with Crippen molar-refractivity contribution in [2.24, 2.45) is 0 Å². The normalized spacial score (nSPS) is 10.8. The first-order chi connectivity index (χ1) is 12.0. The van der Waals surface area contributed by atoms with Crippen LogP contribution >= 0.6 is 0 Å². The summed E-state index contributed by atoms with van der Waals surface area (Å²) in [6.07, 6.45) is 2.22. The van der Waals surface area contributed by atoms with Gasteiger partial charge in [0.05, 0.1) is 32.7 Å². The van der Waals surface area contributed by atoms with E-state index in [0.29, 0.717) is 30.3 Å². The lowest BCUT2D eigenvalue weighted by Gasteiger charge is -2.14. The Morgan fingerprint density at radius 3 is 2.48 bits per heavy atom. The van der Waals surface area contributed by atoms with Crippen LogP contribution in [-0.2, 0) is 11.2 Å². The van der Waals surface area contributed by atoms with Gasteiger partial charge in [-0.3, -0.25) is 0 Å². The van der Waals surface area contributed by atoms with E-state index in [1.54, 1.807) is 17.8 Å². The minimum atomic E-state index is -0.437. The molecule has 0 atom stereocenters. The molecule has 0 unspecified atom stereocenters. The SMILES string of the molecule is CCOC(=O)c1nn(-c2cnc(OC)nc2OC)c(C(C)C)c1CC. The van der Waals surface area contributed by atoms with Gasteiger partial charge in [-0.15, -0.1) is 0 Å². The number of aromatic nitrogens is 4. The second-order valence-electron chi connectivity index (χ2n) is 5.60. The smallest absolute Gasteiger partial charge is 0.359 e. The van der Waals surface area contributed by atoms with E-state index in [1.807, 2.05) is 20.8 Å². The number of carbonyl (C=O) groups excluding carboxylic acids is 1. The number of ether oxygens (including phenoxy) is 3. The molecule has 0 N–H and O–H groups in total. The fourth-order valence-corrected chi connectivity index (χ4v) is 2.69. The number of esters is 1. The Hall–Kier alpha value is -2.64. The van der Waals surface area contributed by atoms with Gasteiger partial charge in [0.1, 0.15) is 5.69 Å². The summed E-state index contributed by atoms with van der Waals surface area (Å²) in [4.78, 5) is 20.7. The van der Waals surface area contributed by atoms with Crippen LogP contribution < -0.4 is 9.47 Å². The van der Waals surface area contributed by atoms with Crippen molar-refractivity contribution >= 4 is 5.97 Å². The van der Waals surface area contributed by atoms with Gasteiger partial charge in [-0.2, -0.15) is 10.1 Å². The van der Waals surface area contributed by atoms with Crippen molar-refractivity contribution in [3.63, 3.8) is 0 Å². The highest BCUT2D eigenvalue weighted by atomic mass is 16.5. The second-order valence-corrected chi connectivity index (χ2v) is 5.60. The molecule has 0 amide bonds. The van der Waals surface area contributed by atoms with E-state index < -0.39 is 5.97 Å². The Kier molecular flexibility index (Phi) is 5.95. The maximum absolute atomic E-state index is 12.3. The molecule has 0 spiro atoms. The fourth-order valence-electron chi connectivity index (χ4n) is 2.69. The number of hydrogen-bond donors (Lipinski definition) is 0. The zero-order valence-electron chi connectivity index (χ0n) is 15.5. The summed E-state index contributed by atoms with van der Waals surface area (Å²) in [7, 11) is 2.99. The molecule has 2 aromatic heterocycles. The lowest BCUT2D eigenvalue weighted by atomic mass is 10.0. The molecular formula is C17H24N4O4. The van der Waals surface area contributed by atoms with Crippen molar-refractivity contribution in [3.05, 3.63) is 23.1 Å². The summed E-state index contributed by atoms with van der Waals surface area (Å²) in [5.74, 6) is 0.000133. The van der Waals surface area contributed by atoms with E-state index >= 15 is 0 Å². The van der Waals surface area contributed by atoms with Gasteiger partial charge in [0.2, 0.25) is 5.88 Å². The van der Waals surface area contributed by atoms with E-state index in [-0.39, 0.29) is 11.9 Å². The number of methoxy groups -OCH3 is 2. The van der Waals surface area contributed by atoms with E-state index in [1.165, 1.54) is 14.2 Å². The van der Waals surface area contributed by atoms with Gasteiger partial charge in [-0.1, -0.05) is 20.8 Å². The van der Waals surface area contributed by atoms with Gasteiger partial charge in [0.25, 0.3) is 0 Å². The van der Waals surface area contributed by atoms with Crippen LogP contribution in [-0.4, -0.2) is 46.5 Å². The first-order valence-corrected chi connectivity index (χ1v) is 8.22. The molecule has 2 aromatic rings. The van der Waals surface area contributed by atoms with Gasteiger partial charge >= 0.3 is 12.0 Å². The maximum atomic E-state index is 12.3. The highest BCUT2D eigenvalue weighted by Crippen LogP contribution is 2.30. The van der Waals surface area contributed by atoms with Crippen LogP contribution in [0.2, 0.25) is 0 Å². The molecule has 0 saturated carbocycles. The van der Waals surface area contributed by atoms with Gasteiger partial charge in [0.15, 0.2) is 5.69 Å². The van der Waals surface area contributed by atoms with E-state index in [4.69, 9.17) is 14.2 Å². The third-order valence-electron chi connectivity index (χ3n) is 3.71. The third kappa shape index (κ3) is 3.57. The lowest BCUT2D eigenvalue weighted by molar-refractivity contribution is 0.0517. The predicted octanol–water partition coefficient (Wildman–Crippen LogP) is 2.54. The van der Waals surface area contributed by atoms with E-state index in [9.17, 15) is 4.79 Å². The van der Waals surface area contributed by atoms with Crippen LogP contribution in [0.4, 0.5) is 0 Å². The predicted molar refractivity (Wildman–Crippen MR) is 91.7 cm³/mol. The molecule has 2 heterocycles. The van der Waals surface area contributed by atoms with Crippen molar-refractivity contribution in [2.75, 3.05) is 20.8 Å². The van der Waals surface area contributed by atoms with Crippen molar-refractivity contribution in [1.82, 2.24) is 19.7 Å². The summed E-state index contributed by atoms with van der Waals surface area (Å²) in [5.41, 5.74) is 2.60. The molecule has 0 aliphatic heterocycles. The van der Waals surface area contributed by atoms with Crippen molar-refractivity contribution in [2.45, 2.75) is 40.0 Å². The molecule has 8 heteroatoms. The molecule has 0 aliphatic carbocycles. The van der Waals surface area contributed by atoms with Crippen LogP contribution in [0.15, 0.2) is 6.20 Å². The summed E-state index contributed by atoms with van der Waals surface area (Å²) in [5, 5.41) is 4.50. The monoisotopic (exact) mass is 348 g/mol. The molecule has 136 valence electrons. The van der Waals surface area contributed by atoms with Crippen molar-refractivity contribution < 1.29 is 19.0 Å². The van der Waals surface area contributed by atoms with Gasteiger partial charge in [0, 0.05) is 5.56 Å². The van der Waals surface area contributed by atoms with E-state index in [2.05, 4.69) is 15.1 Å². The minimum absolute atomic E-state index is 0.123. The highest BCUT2D eigenvalue weighted by Gasteiger charge is 2.27.